The fourth-order valence-electron chi connectivity index (χ4n) is 2.79. The lowest BCUT2D eigenvalue weighted by molar-refractivity contribution is 0.569. The predicted octanol–water partition coefficient (Wildman–Crippen LogP) is 2.78. The summed E-state index contributed by atoms with van der Waals surface area (Å²) in [6.07, 6.45) is 3.51. The Morgan fingerprint density at radius 3 is 2.95 bits per heavy atom. The standard InChI is InChI=1S/C14H21N5S/c1-3-9-5-6-19(8-9)12-11-7-10(4-2)20-13(11)17-14(16-12)18-15/h7,9H,3-6,8,15H2,1-2H3,(H,16,17,18). The van der Waals surface area contributed by atoms with E-state index in [1.807, 2.05) is 0 Å². The van der Waals surface area contributed by atoms with Gasteiger partial charge in [-0.05, 0) is 24.8 Å². The SMILES string of the molecule is CCc1cc2c(N3CCC(CC)C3)nc(NN)nc2s1. The van der Waals surface area contributed by atoms with Crippen LogP contribution >= 0.6 is 11.3 Å². The minimum Gasteiger partial charge on any atom is -0.356 e. The normalized spacial score (nSPS) is 18.9. The molecule has 0 saturated carbocycles. The van der Waals surface area contributed by atoms with Gasteiger partial charge in [-0.1, -0.05) is 20.3 Å². The first-order valence-electron chi connectivity index (χ1n) is 7.27. The minimum atomic E-state index is 0.511. The number of anilines is 2. The maximum absolute atomic E-state index is 5.51. The van der Waals surface area contributed by atoms with Crippen LogP contribution < -0.4 is 16.2 Å². The number of nitrogen functional groups attached to an aromatic ring is 1. The number of thiophene rings is 1. The van der Waals surface area contributed by atoms with E-state index in [9.17, 15) is 0 Å². The molecule has 3 N–H and O–H groups in total. The van der Waals surface area contributed by atoms with Gasteiger partial charge in [0, 0.05) is 18.0 Å². The van der Waals surface area contributed by atoms with Crippen molar-refractivity contribution >= 4 is 33.3 Å². The molecule has 0 bridgehead atoms. The molecule has 1 aliphatic rings. The van der Waals surface area contributed by atoms with E-state index in [0.29, 0.717) is 5.95 Å². The largest absolute Gasteiger partial charge is 0.356 e. The molecule has 1 aliphatic heterocycles. The molecule has 0 aromatic carbocycles. The van der Waals surface area contributed by atoms with Crippen molar-refractivity contribution < 1.29 is 0 Å². The predicted molar refractivity (Wildman–Crippen MR) is 85.2 cm³/mol. The molecule has 20 heavy (non-hydrogen) atoms. The van der Waals surface area contributed by atoms with Gasteiger partial charge in [-0.2, -0.15) is 4.98 Å². The van der Waals surface area contributed by atoms with Crippen LogP contribution in [0.25, 0.3) is 10.2 Å². The molecule has 0 radical (unpaired) electrons. The first-order valence-corrected chi connectivity index (χ1v) is 8.08. The van der Waals surface area contributed by atoms with Crippen molar-refractivity contribution in [3.8, 4) is 0 Å². The third kappa shape index (κ3) is 2.33. The second-order valence-corrected chi connectivity index (χ2v) is 6.42. The van der Waals surface area contributed by atoms with Gasteiger partial charge in [0.05, 0.1) is 5.39 Å². The molecule has 0 spiro atoms. The van der Waals surface area contributed by atoms with Gasteiger partial charge in [-0.3, -0.25) is 5.43 Å². The number of aryl methyl sites for hydroxylation is 1. The number of hydrogen-bond donors (Lipinski definition) is 2. The average Bonchev–Trinajstić information content (AvgIpc) is 3.11. The number of fused-ring (bicyclic) bond motifs is 1. The lowest BCUT2D eigenvalue weighted by Crippen LogP contribution is -2.22. The van der Waals surface area contributed by atoms with Crippen molar-refractivity contribution in [3.05, 3.63) is 10.9 Å². The molecule has 1 unspecified atom stereocenters. The second kappa shape index (κ2) is 5.54. The monoisotopic (exact) mass is 291 g/mol. The molecule has 0 amide bonds. The summed E-state index contributed by atoms with van der Waals surface area (Å²) in [5.74, 6) is 7.84. The van der Waals surface area contributed by atoms with E-state index in [0.717, 1.165) is 36.1 Å². The van der Waals surface area contributed by atoms with E-state index in [2.05, 4.69) is 40.2 Å². The summed E-state index contributed by atoms with van der Waals surface area (Å²) >= 11 is 1.73. The Morgan fingerprint density at radius 1 is 1.45 bits per heavy atom. The van der Waals surface area contributed by atoms with Gasteiger partial charge in [0.2, 0.25) is 5.95 Å². The Morgan fingerprint density at radius 2 is 2.30 bits per heavy atom. The van der Waals surface area contributed by atoms with Crippen LogP contribution in [-0.4, -0.2) is 23.1 Å². The molecule has 1 atom stereocenters. The lowest BCUT2D eigenvalue weighted by atomic mass is 10.1. The van der Waals surface area contributed by atoms with Crippen LogP contribution in [0.4, 0.5) is 11.8 Å². The molecule has 5 nitrogen and oxygen atoms in total. The van der Waals surface area contributed by atoms with Crippen LogP contribution in [0.1, 0.15) is 31.6 Å². The Kier molecular flexibility index (Phi) is 3.76. The smallest absolute Gasteiger partial charge is 0.240 e. The van der Waals surface area contributed by atoms with Crippen molar-refractivity contribution in [1.82, 2.24) is 9.97 Å². The summed E-state index contributed by atoms with van der Waals surface area (Å²) in [7, 11) is 0. The molecule has 3 rings (SSSR count). The number of hydrazine groups is 1. The van der Waals surface area contributed by atoms with Crippen molar-refractivity contribution in [2.24, 2.45) is 11.8 Å². The molecular weight excluding hydrogens is 270 g/mol. The maximum Gasteiger partial charge on any atom is 0.240 e. The zero-order valence-corrected chi connectivity index (χ0v) is 12.8. The van der Waals surface area contributed by atoms with Crippen LogP contribution in [0.15, 0.2) is 6.07 Å². The van der Waals surface area contributed by atoms with Gasteiger partial charge in [0.25, 0.3) is 0 Å². The number of hydrogen-bond acceptors (Lipinski definition) is 6. The summed E-state index contributed by atoms with van der Waals surface area (Å²) in [5.41, 5.74) is 2.59. The van der Waals surface area contributed by atoms with Crippen molar-refractivity contribution in [1.29, 1.82) is 0 Å². The third-order valence-electron chi connectivity index (χ3n) is 4.06. The van der Waals surface area contributed by atoms with Crippen molar-refractivity contribution in [2.45, 2.75) is 33.1 Å². The van der Waals surface area contributed by atoms with E-state index >= 15 is 0 Å². The zero-order chi connectivity index (χ0) is 14.1. The fraction of sp³-hybridized carbons (Fsp3) is 0.571. The first-order chi connectivity index (χ1) is 9.75. The summed E-state index contributed by atoms with van der Waals surface area (Å²) in [6.45, 7) is 6.59. The van der Waals surface area contributed by atoms with Gasteiger partial charge < -0.3 is 4.90 Å². The van der Waals surface area contributed by atoms with E-state index in [1.54, 1.807) is 11.3 Å². The molecule has 2 aromatic rings. The zero-order valence-electron chi connectivity index (χ0n) is 12.0. The van der Waals surface area contributed by atoms with Gasteiger partial charge in [-0.15, -0.1) is 11.3 Å². The van der Waals surface area contributed by atoms with Crippen LogP contribution in [0.2, 0.25) is 0 Å². The van der Waals surface area contributed by atoms with Gasteiger partial charge in [-0.25, -0.2) is 10.8 Å². The average molecular weight is 291 g/mol. The van der Waals surface area contributed by atoms with E-state index in [-0.39, 0.29) is 0 Å². The molecule has 0 aliphatic carbocycles. The highest BCUT2D eigenvalue weighted by molar-refractivity contribution is 7.18. The Balaban J connectivity index is 2.05. The highest BCUT2D eigenvalue weighted by Gasteiger charge is 2.25. The summed E-state index contributed by atoms with van der Waals surface area (Å²) < 4.78 is 0. The van der Waals surface area contributed by atoms with Crippen LogP contribution in [0.3, 0.4) is 0 Å². The van der Waals surface area contributed by atoms with Crippen molar-refractivity contribution in [2.75, 3.05) is 23.4 Å². The lowest BCUT2D eigenvalue weighted by Gasteiger charge is -2.18. The molecule has 6 heteroatoms. The quantitative estimate of drug-likeness (QED) is 0.670. The molecule has 108 valence electrons. The van der Waals surface area contributed by atoms with E-state index in [1.165, 1.54) is 23.1 Å². The Bertz CT molecular complexity index is 609. The fourth-order valence-corrected chi connectivity index (χ4v) is 3.76. The van der Waals surface area contributed by atoms with Gasteiger partial charge >= 0.3 is 0 Å². The van der Waals surface area contributed by atoms with Crippen LogP contribution in [0, 0.1) is 5.92 Å². The summed E-state index contributed by atoms with van der Waals surface area (Å²) in [4.78, 5) is 13.8. The Hall–Kier alpha value is -1.40. The number of nitrogens with zero attached hydrogens (tertiary/aromatic N) is 3. The van der Waals surface area contributed by atoms with E-state index in [4.69, 9.17) is 5.84 Å². The molecule has 2 aromatic heterocycles. The molecule has 1 saturated heterocycles. The molecule has 3 heterocycles. The molecule has 1 fully saturated rings. The number of nitrogens with one attached hydrogen (secondary N) is 1. The summed E-state index contributed by atoms with van der Waals surface area (Å²) in [5, 5.41) is 1.17. The number of aromatic nitrogens is 2. The Labute approximate surface area is 123 Å². The van der Waals surface area contributed by atoms with Crippen molar-refractivity contribution in [3.63, 3.8) is 0 Å². The number of nitrogens with two attached hydrogens (primary N) is 1. The summed E-state index contributed by atoms with van der Waals surface area (Å²) in [6, 6.07) is 2.23. The highest BCUT2D eigenvalue weighted by atomic mass is 32.1. The maximum atomic E-state index is 5.51. The highest BCUT2D eigenvalue weighted by Crippen LogP contribution is 2.34. The minimum absolute atomic E-state index is 0.511. The topological polar surface area (TPSA) is 67.1 Å². The molecular formula is C14H21N5S. The van der Waals surface area contributed by atoms with Gasteiger partial charge in [0.1, 0.15) is 10.6 Å². The first kappa shape index (κ1) is 13.6. The van der Waals surface area contributed by atoms with Crippen LogP contribution in [-0.2, 0) is 6.42 Å². The second-order valence-electron chi connectivity index (χ2n) is 5.31. The third-order valence-corrected chi connectivity index (χ3v) is 5.24. The number of rotatable bonds is 4. The van der Waals surface area contributed by atoms with E-state index < -0.39 is 0 Å². The van der Waals surface area contributed by atoms with Gasteiger partial charge in [0.15, 0.2) is 0 Å². The van der Waals surface area contributed by atoms with Crippen LogP contribution in [0.5, 0.6) is 0 Å².